The van der Waals surface area contributed by atoms with Gasteiger partial charge in [0.25, 0.3) is 0 Å². The first-order chi connectivity index (χ1) is 9.13. The average Bonchev–Trinajstić information content (AvgIpc) is 2.39. The highest BCUT2D eigenvalue weighted by Crippen LogP contribution is 2.16. The fourth-order valence-electron chi connectivity index (χ4n) is 1.64. The zero-order valence-corrected chi connectivity index (χ0v) is 12.8. The Labute approximate surface area is 124 Å². The molecule has 0 aliphatic carbocycles. The summed E-state index contributed by atoms with van der Waals surface area (Å²) < 4.78 is 0. The first-order valence-corrected chi connectivity index (χ1v) is 8.01. The average molecular weight is 301 g/mol. The molecular weight excluding hydrogens is 280 g/mol. The van der Waals surface area contributed by atoms with Gasteiger partial charge in [0.2, 0.25) is 5.91 Å². The molecule has 1 aromatic rings. The molecule has 0 aromatic heterocycles. The minimum Gasteiger partial charge on any atom is -0.368 e. The van der Waals surface area contributed by atoms with E-state index in [1.165, 1.54) is 5.56 Å². The van der Waals surface area contributed by atoms with Crippen LogP contribution in [0.4, 0.5) is 0 Å². The highest BCUT2D eigenvalue weighted by atomic mass is 35.5. The van der Waals surface area contributed by atoms with E-state index in [9.17, 15) is 4.79 Å². The largest absolute Gasteiger partial charge is 0.368 e. The van der Waals surface area contributed by atoms with Gasteiger partial charge in [0.1, 0.15) is 0 Å². The van der Waals surface area contributed by atoms with Crippen LogP contribution in [0.2, 0.25) is 5.02 Å². The minimum absolute atomic E-state index is 0.210. The van der Waals surface area contributed by atoms with Crippen molar-refractivity contribution in [1.82, 2.24) is 5.32 Å². The summed E-state index contributed by atoms with van der Waals surface area (Å²) in [7, 11) is 0. The van der Waals surface area contributed by atoms with E-state index in [1.54, 1.807) is 11.8 Å². The van der Waals surface area contributed by atoms with Crippen molar-refractivity contribution in [2.45, 2.75) is 31.6 Å². The zero-order chi connectivity index (χ0) is 14.1. The van der Waals surface area contributed by atoms with Gasteiger partial charge in [-0.05, 0) is 42.8 Å². The summed E-state index contributed by atoms with van der Waals surface area (Å²) in [4.78, 5) is 11.2. The van der Waals surface area contributed by atoms with Crippen molar-refractivity contribution < 1.29 is 4.79 Å². The van der Waals surface area contributed by atoms with E-state index in [0.29, 0.717) is 0 Å². The van der Waals surface area contributed by atoms with Gasteiger partial charge in [-0.2, -0.15) is 11.8 Å². The van der Waals surface area contributed by atoms with Crippen LogP contribution in [-0.2, 0) is 10.5 Å². The van der Waals surface area contributed by atoms with Crippen molar-refractivity contribution in [3.63, 3.8) is 0 Å². The number of primary amides is 1. The Morgan fingerprint density at radius 2 is 2.11 bits per heavy atom. The molecule has 3 nitrogen and oxygen atoms in total. The number of rotatable bonds is 9. The highest BCUT2D eigenvalue weighted by molar-refractivity contribution is 7.98. The summed E-state index contributed by atoms with van der Waals surface area (Å²) in [5.74, 6) is 1.57. The summed E-state index contributed by atoms with van der Waals surface area (Å²) >= 11 is 7.63. The van der Waals surface area contributed by atoms with Gasteiger partial charge in [-0.15, -0.1) is 0 Å². The molecule has 1 rings (SSSR count). The van der Waals surface area contributed by atoms with Crippen LogP contribution in [0.15, 0.2) is 24.3 Å². The Kier molecular flexibility index (Phi) is 7.94. The predicted molar refractivity (Wildman–Crippen MR) is 83.5 cm³/mol. The quantitative estimate of drug-likeness (QED) is 0.690. The summed E-state index contributed by atoms with van der Waals surface area (Å²) in [5, 5.41) is 3.93. The fourth-order valence-corrected chi connectivity index (χ4v) is 2.74. The number of nitrogens with one attached hydrogen (secondary N) is 1. The molecule has 0 fully saturated rings. The second kappa shape index (κ2) is 9.23. The third-order valence-electron chi connectivity index (χ3n) is 2.72. The molecule has 0 saturated carbocycles. The maximum Gasteiger partial charge on any atom is 0.234 e. The molecule has 5 heteroatoms. The lowest BCUT2D eigenvalue weighted by molar-refractivity contribution is -0.120. The van der Waals surface area contributed by atoms with Gasteiger partial charge in [0, 0.05) is 10.8 Å². The Bertz CT molecular complexity index is 384. The molecule has 0 radical (unpaired) electrons. The van der Waals surface area contributed by atoms with Crippen LogP contribution in [0.25, 0.3) is 0 Å². The number of nitrogens with two attached hydrogens (primary N) is 1. The monoisotopic (exact) mass is 300 g/mol. The van der Waals surface area contributed by atoms with E-state index in [1.807, 2.05) is 24.3 Å². The number of thioether (sulfide) groups is 1. The number of carbonyl (C=O) groups is 1. The Morgan fingerprint density at radius 3 is 2.68 bits per heavy atom. The maximum absolute atomic E-state index is 11.2. The van der Waals surface area contributed by atoms with Crippen molar-refractivity contribution in [3.05, 3.63) is 34.9 Å². The molecule has 0 heterocycles. The standard InChI is InChI=1S/C14H21ClN2OS/c1-2-8-17-13(14(16)18)7-9-19-10-11-3-5-12(15)6-4-11/h3-6,13,17H,2,7-10H2,1H3,(H2,16,18). The van der Waals surface area contributed by atoms with Gasteiger partial charge >= 0.3 is 0 Å². The van der Waals surface area contributed by atoms with E-state index in [2.05, 4.69) is 12.2 Å². The highest BCUT2D eigenvalue weighted by Gasteiger charge is 2.13. The first-order valence-electron chi connectivity index (χ1n) is 6.48. The van der Waals surface area contributed by atoms with E-state index in [4.69, 9.17) is 17.3 Å². The van der Waals surface area contributed by atoms with Gasteiger partial charge < -0.3 is 11.1 Å². The maximum atomic E-state index is 11.2. The van der Waals surface area contributed by atoms with E-state index in [0.717, 1.165) is 35.9 Å². The molecule has 0 saturated heterocycles. The van der Waals surface area contributed by atoms with Crippen molar-refractivity contribution in [2.24, 2.45) is 5.73 Å². The van der Waals surface area contributed by atoms with Crippen LogP contribution in [0.5, 0.6) is 0 Å². The normalized spacial score (nSPS) is 12.3. The van der Waals surface area contributed by atoms with E-state index in [-0.39, 0.29) is 11.9 Å². The number of hydrogen-bond donors (Lipinski definition) is 2. The lowest BCUT2D eigenvalue weighted by Crippen LogP contribution is -2.41. The Hall–Kier alpha value is -0.710. The second-order valence-corrected chi connectivity index (χ2v) is 5.92. The third-order valence-corrected chi connectivity index (χ3v) is 4.03. The smallest absolute Gasteiger partial charge is 0.234 e. The SMILES string of the molecule is CCCNC(CCSCc1ccc(Cl)cc1)C(N)=O. The summed E-state index contributed by atoms with van der Waals surface area (Å²) in [5.41, 5.74) is 6.60. The molecule has 0 spiro atoms. The van der Waals surface area contributed by atoms with Crippen molar-refractivity contribution in [3.8, 4) is 0 Å². The predicted octanol–water partition coefficient (Wildman–Crippen LogP) is 2.82. The van der Waals surface area contributed by atoms with Gasteiger partial charge in [0.05, 0.1) is 6.04 Å². The minimum atomic E-state index is -0.263. The third kappa shape index (κ3) is 6.85. The topological polar surface area (TPSA) is 55.1 Å². The summed E-state index contributed by atoms with van der Waals surface area (Å²) in [6, 6.07) is 7.63. The van der Waals surface area contributed by atoms with Crippen LogP contribution in [0, 0.1) is 0 Å². The van der Waals surface area contributed by atoms with Crippen LogP contribution in [-0.4, -0.2) is 24.2 Å². The molecule has 1 aromatic carbocycles. The summed E-state index contributed by atoms with van der Waals surface area (Å²) in [6.45, 7) is 2.90. The zero-order valence-electron chi connectivity index (χ0n) is 11.2. The Balaban J connectivity index is 2.24. The molecule has 3 N–H and O–H groups in total. The van der Waals surface area contributed by atoms with Crippen molar-refractivity contribution in [2.75, 3.05) is 12.3 Å². The molecule has 1 amide bonds. The molecule has 1 unspecified atom stereocenters. The number of hydrogen-bond acceptors (Lipinski definition) is 3. The number of amides is 1. The molecular formula is C14H21ClN2OS. The molecule has 0 aliphatic heterocycles. The van der Waals surface area contributed by atoms with Gasteiger partial charge in [-0.3, -0.25) is 4.79 Å². The molecule has 1 atom stereocenters. The molecule has 19 heavy (non-hydrogen) atoms. The van der Waals surface area contributed by atoms with E-state index < -0.39 is 0 Å². The van der Waals surface area contributed by atoms with Gasteiger partial charge in [-0.25, -0.2) is 0 Å². The van der Waals surface area contributed by atoms with Crippen LogP contribution < -0.4 is 11.1 Å². The number of halogens is 1. The lowest BCUT2D eigenvalue weighted by Gasteiger charge is -2.14. The first kappa shape index (κ1) is 16.3. The fraction of sp³-hybridized carbons (Fsp3) is 0.500. The van der Waals surface area contributed by atoms with Crippen LogP contribution in [0.3, 0.4) is 0 Å². The summed E-state index contributed by atoms with van der Waals surface area (Å²) in [6.07, 6.45) is 1.77. The molecule has 106 valence electrons. The number of benzene rings is 1. The number of carbonyl (C=O) groups excluding carboxylic acids is 1. The Morgan fingerprint density at radius 1 is 1.42 bits per heavy atom. The van der Waals surface area contributed by atoms with E-state index >= 15 is 0 Å². The van der Waals surface area contributed by atoms with Crippen molar-refractivity contribution >= 4 is 29.3 Å². The van der Waals surface area contributed by atoms with Crippen molar-refractivity contribution in [1.29, 1.82) is 0 Å². The van der Waals surface area contributed by atoms with Gasteiger partial charge in [-0.1, -0.05) is 30.7 Å². The van der Waals surface area contributed by atoms with Gasteiger partial charge in [0.15, 0.2) is 0 Å². The van der Waals surface area contributed by atoms with Crippen LogP contribution in [0.1, 0.15) is 25.3 Å². The lowest BCUT2D eigenvalue weighted by atomic mass is 10.2. The molecule has 0 bridgehead atoms. The second-order valence-electron chi connectivity index (χ2n) is 4.38. The molecule has 0 aliphatic rings. The van der Waals surface area contributed by atoms with Crippen LogP contribution >= 0.6 is 23.4 Å².